The highest BCUT2D eigenvalue weighted by Gasteiger charge is 2.07. The molecule has 0 N–H and O–H groups in total. The molecule has 1 rings (SSSR count). The first-order chi connectivity index (χ1) is 9.75. The molecule has 118 valence electrons. The van der Waals surface area contributed by atoms with Gasteiger partial charge in [-0.1, -0.05) is 58.0 Å². The average molecular weight is 293 g/mol. The van der Waals surface area contributed by atoms with Crippen molar-refractivity contribution in [3.05, 3.63) is 35.9 Å². The molecule has 0 saturated heterocycles. The molecule has 0 aliphatic rings. The number of carbonyl (C=O) groups excluding carboxylic acids is 2. The first-order valence-electron chi connectivity index (χ1n) is 7.17. The molecule has 4 nitrogen and oxygen atoms in total. The Labute approximate surface area is 128 Å². The van der Waals surface area contributed by atoms with E-state index < -0.39 is 0 Å². The highest BCUT2D eigenvalue weighted by Crippen LogP contribution is 2.03. The van der Waals surface area contributed by atoms with E-state index in [-0.39, 0.29) is 23.7 Å². The molecule has 0 unspecified atom stereocenters. The zero-order valence-corrected chi connectivity index (χ0v) is 13.9. The lowest BCUT2D eigenvalue weighted by molar-refractivity contribution is -0.148. The summed E-state index contributed by atoms with van der Waals surface area (Å²) >= 11 is 0. The quantitative estimate of drug-likeness (QED) is 0.801. The van der Waals surface area contributed by atoms with Crippen molar-refractivity contribution in [3.63, 3.8) is 0 Å². The van der Waals surface area contributed by atoms with Crippen LogP contribution in [0, 0.1) is 11.8 Å². The Bertz CT molecular complexity index is 415. The van der Waals surface area contributed by atoms with E-state index in [9.17, 15) is 9.59 Å². The van der Waals surface area contributed by atoms with Gasteiger partial charge >= 0.3 is 5.97 Å². The highest BCUT2D eigenvalue weighted by atomic mass is 16.5. The molecule has 0 aromatic heterocycles. The number of rotatable bonds is 4. The second kappa shape index (κ2) is 9.97. The zero-order valence-electron chi connectivity index (χ0n) is 13.9. The van der Waals surface area contributed by atoms with E-state index in [1.165, 1.54) is 0 Å². The third-order valence-corrected chi connectivity index (χ3v) is 2.63. The third-order valence-electron chi connectivity index (χ3n) is 2.63. The number of esters is 1. The number of hydrogen-bond acceptors (Lipinski definition) is 3. The monoisotopic (exact) mass is 293 g/mol. The topological polar surface area (TPSA) is 46.6 Å². The summed E-state index contributed by atoms with van der Waals surface area (Å²) < 4.78 is 5.05. The van der Waals surface area contributed by atoms with Gasteiger partial charge in [0.2, 0.25) is 5.91 Å². The summed E-state index contributed by atoms with van der Waals surface area (Å²) in [6.45, 7) is 7.81. The fourth-order valence-electron chi connectivity index (χ4n) is 1.41. The van der Waals surface area contributed by atoms with E-state index in [1.807, 2.05) is 58.0 Å². The van der Waals surface area contributed by atoms with Gasteiger partial charge in [0.05, 0.1) is 5.92 Å². The van der Waals surface area contributed by atoms with E-state index >= 15 is 0 Å². The molecule has 0 fully saturated rings. The van der Waals surface area contributed by atoms with Crippen molar-refractivity contribution in [2.75, 3.05) is 14.1 Å². The molecule has 0 saturated carbocycles. The van der Waals surface area contributed by atoms with Crippen LogP contribution in [0.4, 0.5) is 0 Å². The van der Waals surface area contributed by atoms with Crippen LogP contribution in [0.5, 0.6) is 0 Å². The maximum absolute atomic E-state index is 11.1. The van der Waals surface area contributed by atoms with Gasteiger partial charge in [-0.15, -0.1) is 0 Å². The lowest BCUT2D eigenvalue weighted by atomic mass is 10.2. The lowest BCUT2D eigenvalue weighted by Crippen LogP contribution is -2.26. The molecule has 1 aromatic rings. The first kappa shape index (κ1) is 19.2. The summed E-state index contributed by atoms with van der Waals surface area (Å²) in [5, 5.41) is 0. The van der Waals surface area contributed by atoms with Crippen molar-refractivity contribution in [1.29, 1.82) is 0 Å². The van der Waals surface area contributed by atoms with Gasteiger partial charge < -0.3 is 9.64 Å². The van der Waals surface area contributed by atoms with Crippen LogP contribution < -0.4 is 0 Å². The number of benzene rings is 1. The molecular weight excluding hydrogens is 266 g/mol. The molecule has 1 aromatic carbocycles. The van der Waals surface area contributed by atoms with Crippen molar-refractivity contribution in [2.45, 2.75) is 34.3 Å². The Balaban J connectivity index is 0.000000433. The van der Waals surface area contributed by atoms with Crippen molar-refractivity contribution >= 4 is 11.9 Å². The van der Waals surface area contributed by atoms with Gasteiger partial charge in [-0.25, -0.2) is 0 Å². The SMILES string of the molecule is CC(C)C(=O)N(C)C.CC(C)C(=O)OCc1ccccc1. The molecule has 0 aliphatic carbocycles. The number of carbonyl (C=O) groups is 2. The van der Waals surface area contributed by atoms with E-state index in [0.717, 1.165) is 5.56 Å². The number of nitrogens with zero attached hydrogens (tertiary/aromatic N) is 1. The first-order valence-corrected chi connectivity index (χ1v) is 7.17. The van der Waals surface area contributed by atoms with Crippen LogP contribution in [0.3, 0.4) is 0 Å². The summed E-state index contributed by atoms with van der Waals surface area (Å²) in [7, 11) is 3.53. The van der Waals surface area contributed by atoms with E-state index in [0.29, 0.717) is 6.61 Å². The maximum Gasteiger partial charge on any atom is 0.308 e. The molecule has 0 aliphatic heterocycles. The largest absolute Gasteiger partial charge is 0.461 e. The summed E-state index contributed by atoms with van der Waals surface area (Å²) in [4.78, 5) is 23.5. The second-order valence-corrected chi connectivity index (χ2v) is 5.64. The van der Waals surface area contributed by atoms with Gasteiger partial charge in [-0.3, -0.25) is 9.59 Å². The molecular formula is C17H27NO3. The Morgan fingerprint density at radius 3 is 1.86 bits per heavy atom. The molecule has 1 amide bonds. The molecule has 0 heterocycles. The average Bonchev–Trinajstić information content (AvgIpc) is 2.45. The summed E-state index contributed by atoms with van der Waals surface area (Å²) in [5.74, 6) is 0.113. The van der Waals surface area contributed by atoms with Crippen LogP contribution in [0.2, 0.25) is 0 Å². The van der Waals surface area contributed by atoms with Crippen molar-refractivity contribution in [2.24, 2.45) is 11.8 Å². The fourth-order valence-corrected chi connectivity index (χ4v) is 1.41. The summed E-state index contributed by atoms with van der Waals surface area (Å²) in [5.41, 5.74) is 1.02. The number of ether oxygens (including phenoxy) is 1. The number of amides is 1. The molecule has 0 bridgehead atoms. The lowest BCUT2D eigenvalue weighted by Gasteiger charge is -2.11. The molecule has 4 heteroatoms. The Kier molecular flexibility index (Phi) is 9.10. The van der Waals surface area contributed by atoms with Crippen LogP contribution in [-0.4, -0.2) is 30.9 Å². The van der Waals surface area contributed by atoms with Crippen LogP contribution in [0.25, 0.3) is 0 Å². The standard InChI is InChI=1S/C11H14O2.C6H13NO/c1-9(2)11(12)13-8-10-6-4-3-5-7-10;1-5(2)6(8)7(3)4/h3-7,9H,8H2,1-2H3;5H,1-4H3. The van der Waals surface area contributed by atoms with Gasteiger partial charge in [-0.2, -0.15) is 0 Å². The predicted octanol–water partition coefficient (Wildman–Crippen LogP) is 3.12. The summed E-state index contributed by atoms with van der Waals surface area (Å²) in [6.07, 6.45) is 0. The van der Waals surface area contributed by atoms with Crippen molar-refractivity contribution in [3.8, 4) is 0 Å². The smallest absolute Gasteiger partial charge is 0.308 e. The van der Waals surface area contributed by atoms with Crippen molar-refractivity contribution < 1.29 is 14.3 Å². The van der Waals surface area contributed by atoms with E-state index in [1.54, 1.807) is 19.0 Å². The van der Waals surface area contributed by atoms with Crippen LogP contribution in [-0.2, 0) is 20.9 Å². The second-order valence-electron chi connectivity index (χ2n) is 5.64. The maximum atomic E-state index is 11.1. The Morgan fingerprint density at radius 2 is 1.52 bits per heavy atom. The minimum atomic E-state index is -0.149. The van der Waals surface area contributed by atoms with Crippen molar-refractivity contribution in [1.82, 2.24) is 4.90 Å². The fraction of sp³-hybridized carbons (Fsp3) is 0.529. The molecule has 0 radical (unpaired) electrons. The van der Waals surface area contributed by atoms with E-state index in [2.05, 4.69) is 0 Å². The normalized spacial score (nSPS) is 9.90. The van der Waals surface area contributed by atoms with Gasteiger partial charge in [0.25, 0.3) is 0 Å². The van der Waals surface area contributed by atoms with Gasteiger partial charge in [0.15, 0.2) is 0 Å². The Hall–Kier alpha value is -1.84. The van der Waals surface area contributed by atoms with Gasteiger partial charge in [-0.05, 0) is 5.56 Å². The van der Waals surface area contributed by atoms with Gasteiger partial charge in [0.1, 0.15) is 6.61 Å². The Morgan fingerprint density at radius 1 is 1.00 bits per heavy atom. The van der Waals surface area contributed by atoms with Gasteiger partial charge in [0, 0.05) is 20.0 Å². The zero-order chi connectivity index (χ0) is 16.4. The predicted molar refractivity (Wildman–Crippen MR) is 84.6 cm³/mol. The minimum absolute atomic E-state index is 0.0521. The molecule has 0 spiro atoms. The third kappa shape index (κ3) is 8.84. The molecule has 21 heavy (non-hydrogen) atoms. The molecule has 0 atom stereocenters. The number of hydrogen-bond donors (Lipinski definition) is 0. The highest BCUT2D eigenvalue weighted by molar-refractivity contribution is 5.77. The van der Waals surface area contributed by atoms with Crippen LogP contribution >= 0.6 is 0 Å². The van der Waals surface area contributed by atoms with E-state index in [4.69, 9.17) is 4.74 Å². The summed E-state index contributed by atoms with van der Waals surface area (Å²) in [6, 6.07) is 9.67. The van der Waals surface area contributed by atoms with Crippen LogP contribution in [0.15, 0.2) is 30.3 Å². The van der Waals surface area contributed by atoms with Crippen LogP contribution in [0.1, 0.15) is 33.3 Å². The minimum Gasteiger partial charge on any atom is -0.461 e.